The van der Waals surface area contributed by atoms with Crippen molar-refractivity contribution in [1.29, 1.82) is 0 Å². The van der Waals surface area contributed by atoms with Gasteiger partial charge in [-0.1, -0.05) is 11.6 Å². The predicted octanol–water partition coefficient (Wildman–Crippen LogP) is 0.433. The number of rotatable bonds is 3. The van der Waals surface area contributed by atoms with Gasteiger partial charge in [-0.3, -0.25) is 0 Å². The molecule has 1 aromatic rings. The van der Waals surface area contributed by atoms with Crippen molar-refractivity contribution in [2.75, 3.05) is 19.7 Å². The van der Waals surface area contributed by atoms with Crippen LogP contribution < -0.4 is 5.32 Å². The van der Waals surface area contributed by atoms with Crippen molar-refractivity contribution < 1.29 is 9.66 Å². The number of hydrogen-bond acceptors (Lipinski definition) is 5. The third kappa shape index (κ3) is 2.49. The Labute approximate surface area is 96.5 Å². The Morgan fingerprint density at radius 2 is 2.62 bits per heavy atom. The van der Waals surface area contributed by atoms with Gasteiger partial charge in [-0.25, -0.2) is 0 Å². The molecule has 0 aliphatic carbocycles. The summed E-state index contributed by atoms with van der Waals surface area (Å²) in [5.41, 5.74) is 0. The van der Waals surface area contributed by atoms with Crippen molar-refractivity contribution in [2.45, 2.75) is 12.6 Å². The van der Waals surface area contributed by atoms with Gasteiger partial charge in [0.15, 0.2) is 5.02 Å². The van der Waals surface area contributed by atoms with Gasteiger partial charge >= 0.3 is 5.82 Å². The second-order valence-corrected chi connectivity index (χ2v) is 3.88. The van der Waals surface area contributed by atoms with E-state index in [1.54, 1.807) is 0 Å². The molecule has 1 N–H and O–H groups in total. The Hall–Kier alpha value is -1.18. The molecule has 1 aliphatic rings. The van der Waals surface area contributed by atoms with Crippen LogP contribution in [0.3, 0.4) is 0 Å². The van der Waals surface area contributed by atoms with Crippen LogP contribution in [0.4, 0.5) is 5.82 Å². The van der Waals surface area contributed by atoms with E-state index in [1.807, 2.05) is 0 Å². The molecule has 0 amide bonds. The van der Waals surface area contributed by atoms with Crippen molar-refractivity contribution in [1.82, 2.24) is 15.1 Å². The van der Waals surface area contributed by atoms with Crippen molar-refractivity contribution in [3.63, 3.8) is 0 Å². The largest absolute Gasteiger partial charge is 0.408 e. The van der Waals surface area contributed by atoms with Crippen molar-refractivity contribution in [3.8, 4) is 0 Å². The number of hydrogen-bond donors (Lipinski definition) is 1. The van der Waals surface area contributed by atoms with E-state index in [0.29, 0.717) is 19.7 Å². The Kier molecular flexibility index (Phi) is 3.37. The Balaban J connectivity index is 2.03. The maximum atomic E-state index is 10.5. The molecular weight excluding hydrogens is 236 g/mol. The molecule has 1 unspecified atom stereocenters. The van der Waals surface area contributed by atoms with E-state index >= 15 is 0 Å². The number of aromatic nitrogens is 2. The molecule has 1 aliphatic heterocycles. The monoisotopic (exact) mass is 246 g/mol. The zero-order valence-electron chi connectivity index (χ0n) is 8.43. The van der Waals surface area contributed by atoms with Crippen LogP contribution in [0.25, 0.3) is 0 Å². The summed E-state index contributed by atoms with van der Waals surface area (Å²) in [5, 5.41) is 17.5. The molecule has 0 bridgehead atoms. The molecule has 2 heterocycles. The molecular formula is C8H11ClN4O3. The van der Waals surface area contributed by atoms with Crippen LogP contribution in [0.1, 0.15) is 0 Å². The summed E-state index contributed by atoms with van der Waals surface area (Å²) >= 11 is 5.68. The van der Waals surface area contributed by atoms with Crippen molar-refractivity contribution >= 4 is 17.4 Å². The van der Waals surface area contributed by atoms with Crippen LogP contribution in [0, 0.1) is 10.1 Å². The molecule has 16 heavy (non-hydrogen) atoms. The number of morpholine rings is 1. The SMILES string of the molecule is O=[N+]([O-])c1nn(CC2CNCCO2)cc1Cl. The van der Waals surface area contributed by atoms with Gasteiger partial charge in [-0.05, 0) is 4.92 Å². The predicted molar refractivity (Wildman–Crippen MR) is 56.5 cm³/mol. The van der Waals surface area contributed by atoms with Gasteiger partial charge in [0.05, 0.1) is 30.6 Å². The Morgan fingerprint density at radius 1 is 1.81 bits per heavy atom. The molecule has 8 heteroatoms. The van der Waals surface area contributed by atoms with Crippen molar-refractivity contribution in [3.05, 3.63) is 21.3 Å². The van der Waals surface area contributed by atoms with E-state index in [1.165, 1.54) is 10.9 Å². The van der Waals surface area contributed by atoms with Crippen LogP contribution in [-0.2, 0) is 11.3 Å². The first-order chi connectivity index (χ1) is 7.66. The van der Waals surface area contributed by atoms with Gasteiger partial charge in [-0.2, -0.15) is 4.68 Å². The summed E-state index contributed by atoms with van der Waals surface area (Å²) in [5.74, 6) is -0.314. The number of halogens is 1. The number of nitrogens with zero attached hydrogens (tertiary/aromatic N) is 3. The summed E-state index contributed by atoms with van der Waals surface area (Å²) in [6.45, 7) is 2.64. The van der Waals surface area contributed by atoms with Gasteiger partial charge in [0.2, 0.25) is 0 Å². The lowest BCUT2D eigenvalue weighted by Crippen LogP contribution is -2.40. The lowest BCUT2D eigenvalue weighted by atomic mass is 10.3. The molecule has 1 saturated heterocycles. The number of nitrogens with one attached hydrogen (secondary N) is 1. The van der Waals surface area contributed by atoms with Gasteiger partial charge < -0.3 is 20.2 Å². The fourth-order valence-electron chi connectivity index (χ4n) is 1.55. The fraction of sp³-hybridized carbons (Fsp3) is 0.625. The van der Waals surface area contributed by atoms with Crippen LogP contribution >= 0.6 is 11.6 Å². The Morgan fingerprint density at radius 3 is 3.19 bits per heavy atom. The fourth-order valence-corrected chi connectivity index (χ4v) is 1.77. The minimum atomic E-state index is -0.598. The summed E-state index contributed by atoms with van der Waals surface area (Å²) < 4.78 is 6.90. The molecule has 1 aromatic heterocycles. The molecule has 0 spiro atoms. The minimum Gasteiger partial charge on any atom is -0.374 e. The highest BCUT2D eigenvalue weighted by atomic mass is 35.5. The van der Waals surface area contributed by atoms with Gasteiger partial charge in [0.25, 0.3) is 0 Å². The summed E-state index contributed by atoms with van der Waals surface area (Å²) in [7, 11) is 0. The third-order valence-corrected chi connectivity index (χ3v) is 2.53. The molecule has 0 saturated carbocycles. The molecule has 88 valence electrons. The highest BCUT2D eigenvalue weighted by Gasteiger charge is 2.22. The standard InChI is InChI=1S/C8H11ClN4O3/c9-7-5-12(11-8(7)13(14)15)4-6-3-10-1-2-16-6/h5-6,10H,1-4H2. The van der Waals surface area contributed by atoms with E-state index in [0.717, 1.165) is 6.54 Å². The van der Waals surface area contributed by atoms with Gasteiger partial charge in [-0.15, -0.1) is 0 Å². The highest BCUT2D eigenvalue weighted by Crippen LogP contribution is 2.21. The topological polar surface area (TPSA) is 82.2 Å². The maximum absolute atomic E-state index is 10.5. The molecule has 0 aromatic carbocycles. The van der Waals surface area contributed by atoms with Crippen LogP contribution in [0.15, 0.2) is 6.20 Å². The lowest BCUT2D eigenvalue weighted by molar-refractivity contribution is -0.389. The number of ether oxygens (including phenoxy) is 1. The van der Waals surface area contributed by atoms with E-state index in [2.05, 4.69) is 10.4 Å². The zero-order chi connectivity index (χ0) is 11.5. The molecule has 7 nitrogen and oxygen atoms in total. The van der Waals surface area contributed by atoms with E-state index < -0.39 is 4.92 Å². The minimum absolute atomic E-state index is 0.0238. The first-order valence-electron chi connectivity index (χ1n) is 4.86. The molecule has 1 fully saturated rings. The zero-order valence-corrected chi connectivity index (χ0v) is 9.18. The van der Waals surface area contributed by atoms with E-state index in [-0.39, 0.29) is 16.9 Å². The number of nitro groups is 1. The average molecular weight is 247 g/mol. The van der Waals surface area contributed by atoms with E-state index in [4.69, 9.17) is 16.3 Å². The first kappa shape index (κ1) is 11.3. The molecule has 1 atom stereocenters. The normalized spacial score (nSPS) is 20.9. The molecule has 0 radical (unpaired) electrons. The first-order valence-corrected chi connectivity index (χ1v) is 5.24. The van der Waals surface area contributed by atoms with Gasteiger partial charge in [0, 0.05) is 13.1 Å². The second kappa shape index (κ2) is 4.77. The summed E-state index contributed by atoms with van der Waals surface area (Å²) in [4.78, 5) is 9.93. The second-order valence-electron chi connectivity index (χ2n) is 3.48. The van der Waals surface area contributed by atoms with Crippen LogP contribution in [0.5, 0.6) is 0 Å². The van der Waals surface area contributed by atoms with Gasteiger partial charge in [0.1, 0.15) is 0 Å². The summed E-state index contributed by atoms with van der Waals surface area (Å²) in [6, 6.07) is 0. The van der Waals surface area contributed by atoms with Crippen LogP contribution in [-0.4, -0.2) is 40.5 Å². The quantitative estimate of drug-likeness (QED) is 0.618. The maximum Gasteiger partial charge on any atom is 0.408 e. The summed E-state index contributed by atoms with van der Waals surface area (Å²) in [6.07, 6.45) is 1.42. The van der Waals surface area contributed by atoms with E-state index in [9.17, 15) is 10.1 Å². The van der Waals surface area contributed by atoms with Crippen LogP contribution in [0.2, 0.25) is 5.02 Å². The smallest absolute Gasteiger partial charge is 0.374 e. The Bertz CT molecular complexity index is 389. The molecule has 2 rings (SSSR count). The van der Waals surface area contributed by atoms with Crippen molar-refractivity contribution in [2.24, 2.45) is 0 Å². The third-order valence-electron chi connectivity index (χ3n) is 2.27. The lowest BCUT2D eigenvalue weighted by Gasteiger charge is -2.22. The average Bonchev–Trinajstić information content (AvgIpc) is 2.61. The highest BCUT2D eigenvalue weighted by molar-refractivity contribution is 6.32.